The smallest absolute Gasteiger partial charge is 0.252 e. The lowest BCUT2D eigenvalue weighted by atomic mass is 10.1. The molecule has 0 saturated carbocycles. The molecule has 1 heterocycles. The van der Waals surface area contributed by atoms with E-state index in [1.165, 1.54) is 17.4 Å². The largest absolute Gasteiger partial charge is 0.494 e. The molecule has 0 spiro atoms. The van der Waals surface area contributed by atoms with Crippen molar-refractivity contribution in [3.63, 3.8) is 0 Å². The van der Waals surface area contributed by atoms with Gasteiger partial charge in [-0.25, -0.2) is 4.98 Å². The number of hydrogen-bond acceptors (Lipinski definition) is 8. The Kier molecular flexibility index (Phi) is 8.60. The molecule has 0 aliphatic heterocycles. The van der Waals surface area contributed by atoms with Crippen LogP contribution in [0.25, 0.3) is 16.3 Å². The second kappa shape index (κ2) is 11.4. The number of ether oxygens (including phenoxy) is 4. The first kappa shape index (κ1) is 25.6. The molecule has 34 heavy (non-hydrogen) atoms. The topological polar surface area (TPSA) is 73.4 Å². The van der Waals surface area contributed by atoms with Gasteiger partial charge in [-0.15, -0.1) is 0 Å². The Balaban J connectivity index is 1.97. The lowest BCUT2D eigenvalue weighted by Gasteiger charge is -2.20. The third-order valence-corrected chi connectivity index (χ3v) is 6.58. The summed E-state index contributed by atoms with van der Waals surface area (Å²) in [6, 6.07) is 7.08. The van der Waals surface area contributed by atoms with Crippen LogP contribution in [0.1, 0.15) is 5.56 Å². The van der Waals surface area contributed by atoms with Crippen LogP contribution in [0.15, 0.2) is 30.3 Å². The number of likely N-dealkylation sites (N-methyl/N-ethyl adjacent to an activating group) is 1. The summed E-state index contributed by atoms with van der Waals surface area (Å²) >= 11 is 7.74. The molecule has 0 saturated heterocycles. The number of methoxy groups -OCH3 is 4. The van der Waals surface area contributed by atoms with Crippen molar-refractivity contribution >= 4 is 50.3 Å². The quantitative estimate of drug-likeness (QED) is 0.373. The minimum absolute atomic E-state index is 0.218. The molecule has 0 fully saturated rings. The Morgan fingerprint density at radius 3 is 2.21 bits per heavy atom. The molecule has 0 unspecified atom stereocenters. The molecule has 0 N–H and O–H groups in total. The zero-order valence-corrected chi connectivity index (χ0v) is 21.6. The summed E-state index contributed by atoms with van der Waals surface area (Å²) in [7, 11) is 10.1. The molecule has 0 atom stereocenters. The summed E-state index contributed by atoms with van der Waals surface area (Å²) < 4.78 is 22.4. The third-order valence-electron chi connectivity index (χ3n) is 5.04. The fraction of sp³-hybridized carbons (Fsp3) is 0.333. The van der Waals surface area contributed by atoms with Crippen molar-refractivity contribution in [3.05, 3.63) is 40.9 Å². The van der Waals surface area contributed by atoms with Crippen molar-refractivity contribution in [3.8, 4) is 23.0 Å². The van der Waals surface area contributed by atoms with E-state index in [9.17, 15) is 4.79 Å². The zero-order valence-electron chi connectivity index (χ0n) is 20.0. The van der Waals surface area contributed by atoms with E-state index >= 15 is 0 Å². The van der Waals surface area contributed by atoms with Crippen LogP contribution in [0.4, 0.5) is 5.13 Å². The number of carbonyl (C=O) groups excluding carboxylic acids is 1. The molecule has 2 aromatic carbocycles. The molecule has 1 aromatic heterocycles. The highest BCUT2D eigenvalue weighted by Gasteiger charge is 2.21. The van der Waals surface area contributed by atoms with Crippen LogP contribution >= 0.6 is 22.9 Å². The summed E-state index contributed by atoms with van der Waals surface area (Å²) in [6.45, 7) is 1.11. The van der Waals surface area contributed by atoms with Crippen molar-refractivity contribution in [2.24, 2.45) is 0 Å². The Morgan fingerprint density at radius 2 is 1.65 bits per heavy atom. The molecule has 182 valence electrons. The molecular formula is C24H28ClN3O5S. The maximum Gasteiger partial charge on any atom is 0.252 e. The lowest BCUT2D eigenvalue weighted by molar-refractivity contribution is -0.114. The molecule has 10 heteroatoms. The van der Waals surface area contributed by atoms with E-state index in [0.29, 0.717) is 51.8 Å². The predicted molar refractivity (Wildman–Crippen MR) is 137 cm³/mol. The SMILES string of the molecule is COc1cc(C=CC(=O)N(CCN(C)C)c2nc3c(OC)ccc(Cl)c3s2)cc(OC)c1OC. The number of anilines is 1. The average Bonchev–Trinajstić information content (AvgIpc) is 3.28. The van der Waals surface area contributed by atoms with Crippen molar-refractivity contribution in [2.45, 2.75) is 0 Å². The van der Waals surface area contributed by atoms with Crippen LogP contribution in [-0.2, 0) is 4.79 Å². The van der Waals surface area contributed by atoms with Gasteiger partial charge < -0.3 is 23.8 Å². The summed E-state index contributed by atoms with van der Waals surface area (Å²) in [5, 5.41) is 1.11. The number of benzene rings is 2. The van der Waals surface area contributed by atoms with E-state index in [-0.39, 0.29) is 5.91 Å². The number of nitrogens with zero attached hydrogens (tertiary/aromatic N) is 3. The van der Waals surface area contributed by atoms with Crippen molar-refractivity contribution in [1.29, 1.82) is 0 Å². The third kappa shape index (κ3) is 5.55. The van der Waals surface area contributed by atoms with E-state index in [4.69, 9.17) is 30.5 Å². The van der Waals surface area contributed by atoms with E-state index in [2.05, 4.69) is 4.98 Å². The number of amides is 1. The molecule has 0 radical (unpaired) electrons. The van der Waals surface area contributed by atoms with Crippen LogP contribution in [0, 0.1) is 0 Å². The number of hydrogen-bond donors (Lipinski definition) is 0. The van der Waals surface area contributed by atoms with E-state index in [1.807, 2.05) is 19.0 Å². The fourth-order valence-corrected chi connectivity index (χ4v) is 4.56. The van der Waals surface area contributed by atoms with Crippen LogP contribution in [0.3, 0.4) is 0 Å². The van der Waals surface area contributed by atoms with Gasteiger partial charge >= 0.3 is 0 Å². The Labute approximate surface area is 208 Å². The number of thiazole rings is 1. The number of aromatic nitrogens is 1. The molecule has 3 aromatic rings. The summed E-state index contributed by atoms with van der Waals surface area (Å²) in [4.78, 5) is 21.6. The number of rotatable bonds is 10. The lowest BCUT2D eigenvalue weighted by Crippen LogP contribution is -2.35. The molecule has 0 bridgehead atoms. The number of fused-ring (bicyclic) bond motifs is 1. The Morgan fingerprint density at radius 1 is 1.00 bits per heavy atom. The van der Waals surface area contributed by atoms with Gasteiger partial charge in [-0.3, -0.25) is 9.69 Å². The van der Waals surface area contributed by atoms with Crippen LogP contribution in [-0.4, -0.2) is 71.4 Å². The first-order chi connectivity index (χ1) is 16.3. The van der Waals surface area contributed by atoms with Gasteiger partial charge in [-0.05, 0) is 50.0 Å². The van der Waals surface area contributed by atoms with E-state index < -0.39 is 0 Å². The highest BCUT2D eigenvalue weighted by molar-refractivity contribution is 7.23. The van der Waals surface area contributed by atoms with Gasteiger partial charge in [-0.2, -0.15) is 0 Å². The summed E-state index contributed by atoms with van der Waals surface area (Å²) in [6.07, 6.45) is 3.21. The molecule has 0 aliphatic rings. The van der Waals surface area contributed by atoms with Gasteiger partial charge in [0.2, 0.25) is 5.75 Å². The molecule has 0 aliphatic carbocycles. The van der Waals surface area contributed by atoms with Gasteiger partial charge in [-0.1, -0.05) is 22.9 Å². The monoisotopic (exact) mass is 505 g/mol. The number of carbonyl (C=O) groups is 1. The van der Waals surface area contributed by atoms with Gasteiger partial charge in [0.05, 0.1) is 38.2 Å². The predicted octanol–water partition coefficient (Wildman–Crippen LogP) is 4.59. The second-order valence-electron chi connectivity index (χ2n) is 7.51. The van der Waals surface area contributed by atoms with Crippen LogP contribution < -0.4 is 23.8 Å². The van der Waals surface area contributed by atoms with Crippen molar-refractivity contribution in [2.75, 3.05) is 60.5 Å². The highest BCUT2D eigenvalue weighted by atomic mass is 35.5. The van der Waals surface area contributed by atoms with Crippen molar-refractivity contribution < 1.29 is 23.7 Å². The fourth-order valence-electron chi connectivity index (χ4n) is 3.28. The van der Waals surface area contributed by atoms with E-state index in [1.54, 1.807) is 63.7 Å². The van der Waals surface area contributed by atoms with Gasteiger partial charge in [0.15, 0.2) is 16.6 Å². The van der Waals surface area contributed by atoms with Crippen molar-refractivity contribution in [1.82, 2.24) is 9.88 Å². The maximum atomic E-state index is 13.3. The molecule has 1 amide bonds. The highest BCUT2D eigenvalue weighted by Crippen LogP contribution is 2.40. The Bertz CT molecular complexity index is 1170. The minimum atomic E-state index is -0.218. The molecular weight excluding hydrogens is 478 g/mol. The standard InChI is InChI=1S/C24H28ClN3O5S/c1-27(2)11-12-28(24-26-21-17(30-3)9-8-16(25)23(21)34-24)20(29)10-7-15-13-18(31-4)22(33-6)19(14-15)32-5/h7-10,13-14H,11-12H2,1-6H3. The summed E-state index contributed by atoms with van der Waals surface area (Å²) in [5.41, 5.74) is 1.36. The summed E-state index contributed by atoms with van der Waals surface area (Å²) in [5.74, 6) is 1.89. The normalized spacial score (nSPS) is 11.3. The van der Waals surface area contributed by atoms with Crippen LogP contribution in [0.2, 0.25) is 5.02 Å². The first-order valence-corrected chi connectivity index (χ1v) is 11.6. The zero-order chi connectivity index (χ0) is 24.8. The van der Waals surface area contributed by atoms with Gasteiger partial charge in [0, 0.05) is 19.2 Å². The minimum Gasteiger partial charge on any atom is -0.494 e. The maximum absolute atomic E-state index is 13.3. The van der Waals surface area contributed by atoms with Crippen LogP contribution in [0.5, 0.6) is 23.0 Å². The Hall–Kier alpha value is -3.01. The number of halogens is 1. The van der Waals surface area contributed by atoms with Gasteiger partial charge in [0.1, 0.15) is 11.3 Å². The second-order valence-corrected chi connectivity index (χ2v) is 8.89. The first-order valence-electron chi connectivity index (χ1n) is 10.4. The van der Waals surface area contributed by atoms with E-state index in [0.717, 1.165) is 10.3 Å². The molecule has 8 nitrogen and oxygen atoms in total. The van der Waals surface area contributed by atoms with Gasteiger partial charge in [0.25, 0.3) is 5.91 Å². The average molecular weight is 506 g/mol. The molecule has 3 rings (SSSR count).